The SMILES string of the molecule is CC(=O)N1CCN(C(=O)[C@H]2CCC[C@H](N)C2)CC1. The molecule has 1 aliphatic heterocycles. The summed E-state index contributed by atoms with van der Waals surface area (Å²) in [7, 11) is 0. The van der Waals surface area contributed by atoms with Crippen molar-refractivity contribution in [2.24, 2.45) is 11.7 Å². The number of carbonyl (C=O) groups excluding carboxylic acids is 2. The largest absolute Gasteiger partial charge is 0.339 e. The number of carbonyl (C=O) groups is 2. The van der Waals surface area contributed by atoms with E-state index in [1.165, 1.54) is 0 Å². The molecule has 18 heavy (non-hydrogen) atoms. The lowest BCUT2D eigenvalue weighted by Gasteiger charge is -2.37. The van der Waals surface area contributed by atoms with E-state index in [9.17, 15) is 9.59 Å². The second-order valence-corrected chi connectivity index (χ2v) is 5.45. The van der Waals surface area contributed by atoms with Crippen LogP contribution in [0.2, 0.25) is 0 Å². The molecule has 2 rings (SSSR count). The van der Waals surface area contributed by atoms with Gasteiger partial charge < -0.3 is 15.5 Å². The molecule has 5 heteroatoms. The smallest absolute Gasteiger partial charge is 0.225 e. The molecule has 102 valence electrons. The Kier molecular flexibility index (Phi) is 4.22. The number of amides is 2. The van der Waals surface area contributed by atoms with Crippen molar-refractivity contribution in [3.8, 4) is 0 Å². The van der Waals surface area contributed by atoms with Crippen LogP contribution >= 0.6 is 0 Å². The van der Waals surface area contributed by atoms with Crippen LogP contribution in [-0.4, -0.2) is 53.8 Å². The minimum absolute atomic E-state index is 0.0989. The van der Waals surface area contributed by atoms with Crippen LogP contribution in [0, 0.1) is 5.92 Å². The fraction of sp³-hybridized carbons (Fsp3) is 0.846. The molecule has 2 aliphatic rings. The van der Waals surface area contributed by atoms with Gasteiger partial charge in [-0.3, -0.25) is 9.59 Å². The van der Waals surface area contributed by atoms with E-state index < -0.39 is 0 Å². The second kappa shape index (κ2) is 5.69. The van der Waals surface area contributed by atoms with Gasteiger partial charge in [-0.25, -0.2) is 0 Å². The molecular formula is C13H23N3O2. The maximum Gasteiger partial charge on any atom is 0.225 e. The molecule has 2 fully saturated rings. The van der Waals surface area contributed by atoms with Gasteiger partial charge in [0.2, 0.25) is 11.8 Å². The molecule has 0 bridgehead atoms. The Bertz CT molecular complexity index is 324. The Balaban J connectivity index is 1.85. The van der Waals surface area contributed by atoms with Gasteiger partial charge >= 0.3 is 0 Å². The van der Waals surface area contributed by atoms with Crippen LogP contribution in [0.1, 0.15) is 32.6 Å². The zero-order valence-electron chi connectivity index (χ0n) is 11.1. The third-order valence-corrected chi connectivity index (χ3v) is 4.10. The summed E-state index contributed by atoms with van der Waals surface area (Å²) in [6.45, 7) is 4.26. The van der Waals surface area contributed by atoms with Crippen LogP contribution in [0.15, 0.2) is 0 Å². The van der Waals surface area contributed by atoms with Gasteiger partial charge in [0.1, 0.15) is 0 Å². The number of hydrogen-bond acceptors (Lipinski definition) is 3. The van der Waals surface area contributed by atoms with E-state index in [1.54, 1.807) is 11.8 Å². The van der Waals surface area contributed by atoms with Gasteiger partial charge in [0.05, 0.1) is 0 Å². The van der Waals surface area contributed by atoms with E-state index >= 15 is 0 Å². The fourth-order valence-corrected chi connectivity index (χ4v) is 2.95. The molecule has 0 aromatic rings. The van der Waals surface area contributed by atoms with Crippen LogP contribution in [0.5, 0.6) is 0 Å². The van der Waals surface area contributed by atoms with E-state index in [1.807, 2.05) is 4.90 Å². The van der Waals surface area contributed by atoms with Crippen molar-refractivity contribution in [1.29, 1.82) is 0 Å². The van der Waals surface area contributed by atoms with Crippen molar-refractivity contribution >= 4 is 11.8 Å². The molecule has 0 aromatic heterocycles. The number of nitrogens with two attached hydrogens (primary N) is 1. The zero-order valence-corrected chi connectivity index (χ0v) is 11.1. The Hall–Kier alpha value is -1.10. The first kappa shape index (κ1) is 13.3. The summed E-state index contributed by atoms with van der Waals surface area (Å²) >= 11 is 0. The molecule has 1 saturated carbocycles. The fourth-order valence-electron chi connectivity index (χ4n) is 2.95. The molecule has 2 N–H and O–H groups in total. The maximum atomic E-state index is 12.3. The van der Waals surface area contributed by atoms with Crippen LogP contribution in [0.3, 0.4) is 0 Å². The lowest BCUT2D eigenvalue weighted by molar-refractivity contribution is -0.142. The van der Waals surface area contributed by atoms with Crippen LogP contribution < -0.4 is 5.73 Å². The summed E-state index contributed by atoms with van der Waals surface area (Å²) in [5.74, 6) is 0.452. The van der Waals surface area contributed by atoms with E-state index in [4.69, 9.17) is 5.73 Å². The summed E-state index contributed by atoms with van der Waals surface area (Å²) in [4.78, 5) is 27.3. The number of rotatable bonds is 1. The van der Waals surface area contributed by atoms with Crippen LogP contribution in [0.25, 0.3) is 0 Å². The number of nitrogens with zero attached hydrogens (tertiary/aromatic N) is 2. The highest BCUT2D eigenvalue weighted by molar-refractivity contribution is 5.79. The van der Waals surface area contributed by atoms with Crippen molar-refractivity contribution < 1.29 is 9.59 Å². The highest BCUT2D eigenvalue weighted by atomic mass is 16.2. The Morgan fingerprint density at radius 3 is 2.22 bits per heavy atom. The number of piperazine rings is 1. The predicted octanol–water partition coefficient (Wildman–Crippen LogP) is 0.195. The van der Waals surface area contributed by atoms with Crippen molar-refractivity contribution in [3.63, 3.8) is 0 Å². The van der Waals surface area contributed by atoms with Gasteiger partial charge in [-0.05, 0) is 19.3 Å². The lowest BCUT2D eigenvalue weighted by Crippen LogP contribution is -2.52. The minimum Gasteiger partial charge on any atom is -0.339 e. The minimum atomic E-state index is 0.0989. The van der Waals surface area contributed by atoms with E-state index in [2.05, 4.69) is 0 Å². The van der Waals surface area contributed by atoms with Crippen molar-refractivity contribution in [2.45, 2.75) is 38.6 Å². The molecule has 0 aromatic carbocycles. The van der Waals surface area contributed by atoms with Crippen LogP contribution in [-0.2, 0) is 9.59 Å². The molecule has 5 nitrogen and oxygen atoms in total. The molecule has 2 atom stereocenters. The second-order valence-electron chi connectivity index (χ2n) is 5.45. The van der Waals surface area contributed by atoms with E-state index in [0.29, 0.717) is 26.2 Å². The van der Waals surface area contributed by atoms with E-state index in [0.717, 1.165) is 25.7 Å². The summed E-state index contributed by atoms with van der Waals surface area (Å²) in [5.41, 5.74) is 5.93. The Morgan fingerprint density at radius 1 is 1.06 bits per heavy atom. The predicted molar refractivity (Wildman–Crippen MR) is 68.8 cm³/mol. The average molecular weight is 253 g/mol. The zero-order chi connectivity index (χ0) is 13.1. The lowest BCUT2D eigenvalue weighted by atomic mass is 9.85. The van der Waals surface area contributed by atoms with Gasteiger partial charge in [-0.1, -0.05) is 6.42 Å². The maximum absolute atomic E-state index is 12.3. The molecule has 1 heterocycles. The summed E-state index contributed by atoms with van der Waals surface area (Å²) < 4.78 is 0. The quantitative estimate of drug-likeness (QED) is 0.725. The third-order valence-electron chi connectivity index (χ3n) is 4.10. The first-order chi connectivity index (χ1) is 8.58. The van der Waals surface area contributed by atoms with E-state index in [-0.39, 0.29) is 23.8 Å². The first-order valence-electron chi connectivity index (χ1n) is 6.88. The average Bonchev–Trinajstić information content (AvgIpc) is 2.38. The Morgan fingerprint density at radius 2 is 1.67 bits per heavy atom. The highest BCUT2D eigenvalue weighted by Crippen LogP contribution is 2.25. The topological polar surface area (TPSA) is 66.6 Å². The molecule has 0 radical (unpaired) electrons. The summed E-state index contributed by atoms with van der Waals surface area (Å²) in [5, 5.41) is 0. The molecule has 1 saturated heterocycles. The molecule has 0 spiro atoms. The first-order valence-corrected chi connectivity index (χ1v) is 6.88. The van der Waals surface area contributed by atoms with Gasteiger partial charge in [0.25, 0.3) is 0 Å². The molecule has 0 unspecified atom stereocenters. The third kappa shape index (κ3) is 3.02. The summed E-state index contributed by atoms with van der Waals surface area (Å²) in [6.07, 6.45) is 3.90. The van der Waals surface area contributed by atoms with Crippen molar-refractivity contribution in [3.05, 3.63) is 0 Å². The van der Waals surface area contributed by atoms with Gasteiger partial charge in [-0.15, -0.1) is 0 Å². The Labute approximate surface area is 108 Å². The van der Waals surface area contributed by atoms with Gasteiger partial charge in [0.15, 0.2) is 0 Å². The highest BCUT2D eigenvalue weighted by Gasteiger charge is 2.30. The van der Waals surface area contributed by atoms with Crippen molar-refractivity contribution in [2.75, 3.05) is 26.2 Å². The standard InChI is InChI=1S/C13H23N3O2/c1-10(17)15-5-7-16(8-6-15)13(18)11-3-2-4-12(14)9-11/h11-12H,2-9,14H2,1H3/t11-,12-/m0/s1. The van der Waals surface area contributed by atoms with Crippen LogP contribution in [0.4, 0.5) is 0 Å². The summed E-state index contributed by atoms with van der Waals surface area (Å²) in [6, 6.07) is 0.186. The normalized spacial score (nSPS) is 29.2. The number of hydrogen-bond donors (Lipinski definition) is 1. The molecule has 2 amide bonds. The van der Waals surface area contributed by atoms with Gasteiger partial charge in [-0.2, -0.15) is 0 Å². The van der Waals surface area contributed by atoms with Crippen molar-refractivity contribution in [1.82, 2.24) is 9.80 Å². The monoisotopic (exact) mass is 253 g/mol. The molecule has 1 aliphatic carbocycles. The molecular weight excluding hydrogens is 230 g/mol. The van der Waals surface area contributed by atoms with Gasteiger partial charge in [0, 0.05) is 45.1 Å².